The number of ether oxygens (including phenoxy) is 1. The van der Waals surface area contributed by atoms with Crippen LogP contribution in [0.5, 0.6) is 5.75 Å². The molecule has 0 aliphatic carbocycles. The number of carboxylic acid groups (broad SMARTS) is 1. The Bertz CT molecular complexity index is 450. The molecule has 0 aliphatic rings. The maximum atomic E-state index is 13.3. The van der Waals surface area contributed by atoms with Crippen molar-refractivity contribution in [1.29, 1.82) is 0 Å². The van der Waals surface area contributed by atoms with Gasteiger partial charge in [-0.15, -0.1) is 0 Å². The lowest BCUT2D eigenvalue weighted by Crippen LogP contribution is -2.36. The topological polar surface area (TPSA) is 116 Å². The van der Waals surface area contributed by atoms with Crippen LogP contribution < -0.4 is 16.2 Å². The van der Waals surface area contributed by atoms with E-state index in [4.69, 9.17) is 21.3 Å². The van der Waals surface area contributed by atoms with Crippen LogP contribution in [0.2, 0.25) is 0 Å². The van der Waals surface area contributed by atoms with Crippen LogP contribution in [0.25, 0.3) is 0 Å². The molecule has 0 aliphatic heterocycles. The first-order valence-corrected chi connectivity index (χ1v) is 4.62. The maximum absolute atomic E-state index is 13.3. The highest BCUT2D eigenvalue weighted by atomic mass is 19.1. The van der Waals surface area contributed by atoms with Gasteiger partial charge < -0.3 is 21.3 Å². The van der Waals surface area contributed by atoms with Gasteiger partial charge in [0.05, 0.1) is 5.56 Å². The van der Waals surface area contributed by atoms with E-state index >= 15 is 0 Å². The highest BCUT2D eigenvalue weighted by molar-refractivity contribution is 5.93. The van der Waals surface area contributed by atoms with Gasteiger partial charge in [0.1, 0.15) is 24.2 Å². The molecule has 6 nitrogen and oxygen atoms in total. The summed E-state index contributed by atoms with van der Waals surface area (Å²) in [6, 6.07) is 2.19. The van der Waals surface area contributed by atoms with Crippen LogP contribution in [0.4, 0.5) is 4.39 Å². The molecule has 1 aromatic carbocycles. The third-order valence-corrected chi connectivity index (χ3v) is 1.95. The molecular weight excluding hydrogens is 231 g/mol. The third-order valence-electron chi connectivity index (χ3n) is 1.95. The van der Waals surface area contributed by atoms with E-state index in [-0.39, 0.29) is 17.9 Å². The van der Waals surface area contributed by atoms with Crippen molar-refractivity contribution in [3.05, 3.63) is 29.6 Å². The van der Waals surface area contributed by atoms with Gasteiger partial charge in [-0.3, -0.25) is 9.59 Å². The predicted octanol–water partition coefficient (Wildman–Crippen LogP) is -0.285. The van der Waals surface area contributed by atoms with E-state index in [0.29, 0.717) is 0 Å². The number of halogens is 1. The fourth-order valence-electron chi connectivity index (χ4n) is 1.04. The molecule has 1 atom stereocenters. The first-order valence-electron chi connectivity index (χ1n) is 4.62. The van der Waals surface area contributed by atoms with Crippen molar-refractivity contribution < 1.29 is 23.8 Å². The predicted molar refractivity (Wildman–Crippen MR) is 56.0 cm³/mol. The summed E-state index contributed by atoms with van der Waals surface area (Å²) in [5, 5.41) is 8.49. The van der Waals surface area contributed by atoms with Crippen LogP contribution >= 0.6 is 0 Å². The summed E-state index contributed by atoms with van der Waals surface area (Å²) in [5.41, 5.74) is 9.83. The van der Waals surface area contributed by atoms with Gasteiger partial charge in [-0.25, -0.2) is 4.39 Å². The van der Waals surface area contributed by atoms with E-state index in [1.165, 1.54) is 6.07 Å². The van der Waals surface area contributed by atoms with Crippen molar-refractivity contribution in [1.82, 2.24) is 0 Å². The maximum Gasteiger partial charge on any atom is 0.324 e. The molecule has 0 bridgehead atoms. The lowest BCUT2D eigenvalue weighted by molar-refractivity contribution is -0.139. The Labute approximate surface area is 96.0 Å². The van der Waals surface area contributed by atoms with E-state index in [9.17, 15) is 14.0 Å². The molecule has 0 fully saturated rings. The molecule has 0 saturated carbocycles. The number of amides is 1. The lowest BCUT2D eigenvalue weighted by Gasteiger charge is -2.09. The Balaban J connectivity index is 2.71. The molecule has 17 heavy (non-hydrogen) atoms. The Morgan fingerprint density at radius 2 is 2.12 bits per heavy atom. The molecule has 0 radical (unpaired) electrons. The summed E-state index contributed by atoms with van der Waals surface area (Å²) >= 11 is 0. The smallest absolute Gasteiger partial charge is 0.324 e. The molecule has 92 valence electrons. The zero-order valence-corrected chi connectivity index (χ0v) is 8.72. The molecule has 0 heterocycles. The van der Waals surface area contributed by atoms with Gasteiger partial charge in [0, 0.05) is 6.07 Å². The van der Waals surface area contributed by atoms with E-state index in [1.54, 1.807) is 0 Å². The van der Waals surface area contributed by atoms with Crippen LogP contribution in [0.1, 0.15) is 10.4 Å². The van der Waals surface area contributed by atoms with E-state index < -0.39 is 23.7 Å². The van der Waals surface area contributed by atoms with Crippen LogP contribution in [0.3, 0.4) is 0 Å². The highest BCUT2D eigenvalue weighted by Crippen LogP contribution is 2.16. The second-order valence-electron chi connectivity index (χ2n) is 3.26. The number of hydrogen-bond donors (Lipinski definition) is 3. The summed E-state index contributed by atoms with van der Waals surface area (Å²) in [6.07, 6.45) is 0. The number of nitrogens with two attached hydrogens (primary N) is 2. The highest BCUT2D eigenvalue weighted by Gasteiger charge is 2.13. The Morgan fingerprint density at radius 3 is 2.59 bits per heavy atom. The third kappa shape index (κ3) is 3.42. The van der Waals surface area contributed by atoms with Crippen molar-refractivity contribution in [2.45, 2.75) is 6.04 Å². The van der Waals surface area contributed by atoms with Crippen LogP contribution in [-0.4, -0.2) is 29.6 Å². The summed E-state index contributed by atoms with van der Waals surface area (Å²) in [4.78, 5) is 21.1. The monoisotopic (exact) mass is 242 g/mol. The van der Waals surface area contributed by atoms with E-state index in [0.717, 1.165) is 12.1 Å². The van der Waals surface area contributed by atoms with Gasteiger partial charge in [0.15, 0.2) is 0 Å². The summed E-state index contributed by atoms with van der Waals surface area (Å²) in [7, 11) is 0. The molecule has 1 unspecified atom stereocenters. The summed E-state index contributed by atoms with van der Waals surface area (Å²) in [5.74, 6) is -2.88. The Morgan fingerprint density at radius 1 is 1.47 bits per heavy atom. The van der Waals surface area contributed by atoms with Gasteiger partial charge in [-0.2, -0.15) is 0 Å². The number of primary amides is 1. The number of carbonyl (C=O) groups is 2. The molecule has 1 aromatic rings. The number of carbonyl (C=O) groups excluding carboxylic acids is 1. The minimum Gasteiger partial charge on any atom is -0.491 e. The van der Waals surface area contributed by atoms with Crippen molar-refractivity contribution in [2.24, 2.45) is 11.5 Å². The van der Waals surface area contributed by atoms with Crippen molar-refractivity contribution in [2.75, 3.05) is 6.61 Å². The number of benzene rings is 1. The van der Waals surface area contributed by atoms with Crippen molar-refractivity contribution in [3.8, 4) is 5.75 Å². The quantitative estimate of drug-likeness (QED) is 0.656. The van der Waals surface area contributed by atoms with Crippen LogP contribution in [0, 0.1) is 5.82 Å². The average Bonchev–Trinajstić information content (AvgIpc) is 2.25. The molecule has 1 amide bonds. The number of rotatable bonds is 5. The number of carboxylic acids is 1. The summed E-state index contributed by atoms with van der Waals surface area (Å²) in [6.45, 7) is -0.301. The van der Waals surface area contributed by atoms with Gasteiger partial charge in [-0.05, 0) is 12.1 Å². The first kappa shape index (κ1) is 12.9. The zero-order valence-electron chi connectivity index (χ0n) is 8.72. The minimum atomic E-state index is -1.22. The van der Waals surface area contributed by atoms with E-state index in [1.807, 2.05) is 0 Å². The van der Waals surface area contributed by atoms with Gasteiger partial charge in [-0.1, -0.05) is 0 Å². The van der Waals surface area contributed by atoms with Gasteiger partial charge >= 0.3 is 5.97 Å². The van der Waals surface area contributed by atoms with Crippen molar-refractivity contribution in [3.63, 3.8) is 0 Å². The molecule has 1 rings (SSSR count). The van der Waals surface area contributed by atoms with Crippen LogP contribution in [0.15, 0.2) is 18.2 Å². The van der Waals surface area contributed by atoms with E-state index in [2.05, 4.69) is 0 Å². The Hall–Kier alpha value is -2.15. The Kier molecular flexibility index (Phi) is 4.00. The van der Waals surface area contributed by atoms with Gasteiger partial charge in [0.2, 0.25) is 0 Å². The molecule has 0 aromatic heterocycles. The standard InChI is InChI=1S/C10H11FN2O4/c11-7-3-5(1-2-6(7)9(13)14)17-4-8(12)10(15)16/h1-3,8H,4,12H2,(H2,13,14)(H,15,16). The lowest BCUT2D eigenvalue weighted by atomic mass is 10.2. The average molecular weight is 242 g/mol. The van der Waals surface area contributed by atoms with Gasteiger partial charge in [0.25, 0.3) is 5.91 Å². The fraction of sp³-hybridized carbons (Fsp3) is 0.200. The largest absolute Gasteiger partial charge is 0.491 e. The molecule has 0 spiro atoms. The molecule has 5 N–H and O–H groups in total. The molecular formula is C10H11FN2O4. The van der Waals surface area contributed by atoms with Crippen molar-refractivity contribution >= 4 is 11.9 Å². The second kappa shape index (κ2) is 5.26. The second-order valence-corrected chi connectivity index (χ2v) is 3.26. The fourth-order valence-corrected chi connectivity index (χ4v) is 1.04. The zero-order chi connectivity index (χ0) is 13.0. The SMILES string of the molecule is NC(=O)c1ccc(OCC(N)C(=O)O)cc1F. The number of hydrogen-bond acceptors (Lipinski definition) is 4. The number of aliphatic carboxylic acids is 1. The van der Waals surface area contributed by atoms with Crippen LogP contribution in [-0.2, 0) is 4.79 Å². The normalized spacial score (nSPS) is 11.9. The first-order chi connectivity index (χ1) is 7.91. The molecule has 0 saturated heterocycles. The molecule has 7 heteroatoms. The minimum absolute atomic E-state index is 0.0733. The summed E-state index contributed by atoms with van der Waals surface area (Å²) < 4.78 is 18.2.